The number of ether oxygens (including phenoxy) is 1. The van der Waals surface area contributed by atoms with Gasteiger partial charge in [-0.1, -0.05) is 0 Å². The number of nitrogens with one attached hydrogen (secondary N) is 1. The highest BCUT2D eigenvalue weighted by molar-refractivity contribution is 7.99. The second-order valence-electron chi connectivity index (χ2n) is 5.12. The van der Waals surface area contributed by atoms with Crippen LogP contribution in [0, 0.1) is 5.92 Å². The van der Waals surface area contributed by atoms with Crippen LogP contribution >= 0.6 is 24.2 Å². The zero-order valence-electron chi connectivity index (χ0n) is 9.62. The van der Waals surface area contributed by atoms with Gasteiger partial charge in [-0.25, -0.2) is 0 Å². The van der Waals surface area contributed by atoms with Crippen LogP contribution in [0.4, 0.5) is 0 Å². The summed E-state index contributed by atoms with van der Waals surface area (Å²) in [5, 5.41) is 3.55. The molecule has 0 radical (unpaired) electrons. The lowest BCUT2D eigenvalue weighted by Gasteiger charge is -2.24. The highest BCUT2D eigenvalue weighted by Crippen LogP contribution is 2.28. The van der Waals surface area contributed by atoms with E-state index >= 15 is 0 Å². The van der Waals surface area contributed by atoms with E-state index in [4.69, 9.17) is 4.74 Å². The molecular formula is C11H22ClNOS. The van der Waals surface area contributed by atoms with Gasteiger partial charge in [0.1, 0.15) is 6.23 Å². The van der Waals surface area contributed by atoms with E-state index in [1.54, 1.807) is 0 Å². The molecule has 0 bridgehead atoms. The molecule has 0 aliphatic carbocycles. The number of hydrogen-bond donors (Lipinski definition) is 1. The van der Waals surface area contributed by atoms with Gasteiger partial charge in [0.2, 0.25) is 0 Å². The quantitative estimate of drug-likeness (QED) is 0.816. The van der Waals surface area contributed by atoms with Gasteiger partial charge in [-0.15, -0.1) is 12.4 Å². The van der Waals surface area contributed by atoms with Gasteiger partial charge in [0.05, 0.1) is 6.61 Å². The van der Waals surface area contributed by atoms with Gasteiger partial charge < -0.3 is 4.74 Å². The zero-order chi connectivity index (χ0) is 10.0. The molecule has 2 heterocycles. The molecule has 0 saturated carbocycles. The van der Waals surface area contributed by atoms with Gasteiger partial charge >= 0.3 is 0 Å². The van der Waals surface area contributed by atoms with Crippen LogP contribution in [0.2, 0.25) is 0 Å². The average molecular weight is 252 g/mol. The molecule has 4 heteroatoms. The summed E-state index contributed by atoms with van der Waals surface area (Å²) in [6.07, 6.45) is 4.29. The van der Waals surface area contributed by atoms with Gasteiger partial charge in [0.15, 0.2) is 0 Å². The molecule has 0 aromatic carbocycles. The number of thioether (sulfide) groups is 1. The minimum atomic E-state index is 0. The number of rotatable bonds is 2. The van der Waals surface area contributed by atoms with Crippen LogP contribution < -0.4 is 5.32 Å². The Morgan fingerprint density at radius 2 is 2.00 bits per heavy atom. The van der Waals surface area contributed by atoms with Gasteiger partial charge in [-0.2, -0.15) is 11.8 Å². The Kier molecular flexibility index (Phi) is 5.23. The molecule has 2 nitrogen and oxygen atoms in total. The third-order valence-corrected chi connectivity index (χ3v) is 4.13. The molecule has 90 valence electrons. The average Bonchev–Trinajstić information content (AvgIpc) is 2.47. The molecule has 2 aliphatic heterocycles. The first-order valence-electron chi connectivity index (χ1n) is 5.63. The summed E-state index contributed by atoms with van der Waals surface area (Å²) in [5.74, 6) is 3.59. The Hall–Kier alpha value is 0.560. The van der Waals surface area contributed by atoms with Crippen molar-refractivity contribution in [2.45, 2.75) is 44.9 Å². The maximum atomic E-state index is 5.75. The van der Waals surface area contributed by atoms with Crippen molar-refractivity contribution in [3.63, 3.8) is 0 Å². The molecule has 1 unspecified atom stereocenters. The Morgan fingerprint density at radius 1 is 1.33 bits per heavy atom. The third-order valence-electron chi connectivity index (χ3n) is 3.09. The lowest BCUT2D eigenvalue weighted by Crippen LogP contribution is -2.39. The fraction of sp³-hybridized carbons (Fsp3) is 1.00. The van der Waals surface area contributed by atoms with Crippen molar-refractivity contribution >= 4 is 24.2 Å². The molecule has 2 aliphatic rings. The topological polar surface area (TPSA) is 21.3 Å². The van der Waals surface area contributed by atoms with Crippen molar-refractivity contribution in [2.75, 3.05) is 18.1 Å². The summed E-state index contributed by atoms with van der Waals surface area (Å²) in [5.41, 5.74) is 0.189. The van der Waals surface area contributed by atoms with Crippen LogP contribution in [0.3, 0.4) is 0 Å². The van der Waals surface area contributed by atoms with Crippen LogP contribution in [-0.4, -0.2) is 29.9 Å². The first-order chi connectivity index (χ1) is 6.66. The Labute approximate surface area is 103 Å². The van der Waals surface area contributed by atoms with E-state index in [2.05, 4.69) is 30.9 Å². The molecule has 1 N–H and O–H groups in total. The molecule has 0 spiro atoms. The largest absolute Gasteiger partial charge is 0.361 e. The van der Waals surface area contributed by atoms with Crippen LogP contribution in [-0.2, 0) is 4.74 Å². The summed E-state index contributed by atoms with van der Waals surface area (Å²) in [4.78, 5) is 0. The fourth-order valence-corrected chi connectivity index (χ4v) is 3.44. The van der Waals surface area contributed by atoms with E-state index in [0.717, 1.165) is 12.5 Å². The lowest BCUT2D eigenvalue weighted by atomic mass is 9.97. The SMILES string of the molecule is CC1(C)COC(CC2CCSCC2)N1.Cl. The van der Waals surface area contributed by atoms with Gasteiger partial charge in [-0.3, -0.25) is 5.32 Å². The van der Waals surface area contributed by atoms with Crippen LogP contribution in [0.1, 0.15) is 33.1 Å². The molecular weight excluding hydrogens is 230 g/mol. The normalized spacial score (nSPS) is 31.2. The first kappa shape index (κ1) is 13.6. The Balaban J connectivity index is 0.00000112. The highest BCUT2D eigenvalue weighted by atomic mass is 35.5. The molecule has 1 atom stereocenters. The maximum Gasteiger partial charge on any atom is 0.108 e. The second-order valence-corrected chi connectivity index (χ2v) is 6.34. The summed E-state index contributed by atoms with van der Waals surface area (Å²) in [7, 11) is 0. The molecule has 2 fully saturated rings. The van der Waals surface area contributed by atoms with Crippen LogP contribution in [0.15, 0.2) is 0 Å². The van der Waals surface area contributed by atoms with Crippen LogP contribution in [0.5, 0.6) is 0 Å². The Morgan fingerprint density at radius 3 is 2.53 bits per heavy atom. The summed E-state index contributed by atoms with van der Waals surface area (Å²) >= 11 is 2.10. The van der Waals surface area contributed by atoms with Crippen molar-refractivity contribution in [3.8, 4) is 0 Å². The molecule has 0 aromatic rings. The maximum absolute atomic E-state index is 5.75. The van der Waals surface area contributed by atoms with Crippen molar-refractivity contribution in [2.24, 2.45) is 5.92 Å². The van der Waals surface area contributed by atoms with Gasteiger partial charge in [0, 0.05) is 5.54 Å². The minimum absolute atomic E-state index is 0. The summed E-state index contributed by atoms with van der Waals surface area (Å²) in [6, 6.07) is 0. The summed E-state index contributed by atoms with van der Waals surface area (Å²) < 4.78 is 5.75. The first-order valence-corrected chi connectivity index (χ1v) is 6.78. The van der Waals surface area contributed by atoms with E-state index in [1.807, 2.05) is 0 Å². The molecule has 0 aromatic heterocycles. The highest BCUT2D eigenvalue weighted by Gasteiger charge is 2.32. The van der Waals surface area contributed by atoms with E-state index in [-0.39, 0.29) is 17.9 Å². The Bertz CT molecular complexity index is 195. The minimum Gasteiger partial charge on any atom is -0.361 e. The summed E-state index contributed by atoms with van der Waals surface area (Å²) in [6.45, 7) is 5.28. The van der Waals surface area contributed by atoms with E-state index < -0.39 is 0 Å². The van der Waals surface area contributed by atoms with Gasteiger partial charge in [-0.05, 0) is 50.5 Å². The third kappa shape index (κ3) is 4.14. The molecule has 15 heavy (non-hydrogen) atoms. The van der Waals surface area contributed by atoms with Crippen molar-refractivity contribution in [1.82, 2.24) is 5.32 Å². The zero-order valence-corrected chi connectivity index (χ0v) is 11.3. The van der Waals surface area contributed by atoms with Crippen molar-refractivity contribution in [1.29, 1.82) is 0 Å². The van der Waals surface area contributed by atoms with Crippen molar-refractivity contribution in [3.05, 3.63) is 0 Å². The standard InChI is InChI=1S/C11H21NOS.ClH/c1-11(2)8-13-10(12-11)7-9-3-5-14-6-4-9;/h9-10,12H,3-8H2,1-2H3;1H. The lowest BCUT2D eigenvalue weighted by molar-refractivity contribution is 0.0764. The fourth-order valence-electron chi connectivity index (χ4n) is 2.24. The predicted molar refractivity (Wildman–Crippen MR) is 68.9 cm³/mol. The molecule has 2 saturated heterocycles. The van der Waals surface area contributed by atoms with E-state index in [0.29, 0.717) is 6.23 Å². The van der Waals surface area contributed by atoms with Crippen LogP contribution in [0.25, 0.3) is 0 Å². The smallest absolute Gasteiger partial charge is 0.108 e. The number of halogens is 1. The monoisotopic (exact) mass is 251 g/mol. The van der Waals surface area contributed by atoms with E-state index in [9.17, 15) is 0 Å². The molecule has 2 rings (SSSR count). The number of hydrogen-bond acceptors (Lipinski definition) is 3. The van der Waals surface area contributed by atoms with Crippen molar-refractivity contribution < 1.29 is 4.74 Å². The van der Waals surface area contributed by atoms with E-state index in [1.165, 1.54) is 30.8 Å². The molecule has 0 amide bonds. The predicted octanol–water partition coefficient (Wildman–Crippen LogP) is 2.67. The second kappa shape index (κ2) is 5.76. The van der Waals surface area contributed by atoms with Gasteiger partial charge in [0.25, 0.3) is 0 Å².